The predicted octanol–water partition coefficient (Wildman–Crippen LogP) is 0.631. The Morgan fingerprint density at radius 2 is 1.86 bits per heavy atom. The van der Waals surface area contributed by atoms with Crippen LogP contribution >= 0.6 is 0 Å². The third kappa shape index (κ3) is 1.71. The second kappa shape index (κ2) is 3.69. The first-order valence-electron chi connectivity index (χ1n) is 4.90. The Bertz CT molecular complexity index is 319. The molecule has 14 heavy (non-hydrogen) atoms. The van der Waals surface area contributed by atoms with E-state index >= 15 is 0 Å². The molecule has 0 spiro atoms. The van der Waals surface area contributed by atoms with Gasteiger partial charge in [-0.3, -0.25) is 0 Å². The Kier molecular flexibility index (Phi) is 2.39. The number of anilines is 3. The summed E-state index contributed by atoms with van der Waals surface area (Å²) in [6.45, 7) is 2.03. The van der Waals surface area contributed by atoms with Crippen LogP contribution in [-0.4, -0.2) is 23.1 Å². The van der Waals surface area contributed by atoms with Crippen LogP contribution in [0.15, 0.2) is 6.20 Å². The van der Waals surface area contributed by atoms with Crippen molar-refractivity contribution in [2.75, 3.05) is 29.5 Å². The van der Waals surface area contributed by atoms with Crippen molar-refractivity contribution in [3.63, 3.8) is 0 Å². The zero-order chi connectivity index (χ0) is 9.97. The van der Waals surface area contributed by atoms with E-state index in [1.807, 2.05) is 0 Å². The average Bonchev–Trinajstić information content (AvgIpc) is 2.23. The molecule has 0 amide bonds. The van der Waals surface area contributed by atoms with Gasteiger partial charge >= 0.3 is 0 Å². The van der Waals surface area contributed by atoms with Gasteiger partial charge in [0, 0.05) is 13.1 Å². The van der Waals surface area contributed by atoms with Crippen molar-refractivity contribution in [2.24, 2.45) is 0 Å². The van der Waals surface area contributed by atoms with Gasteiger partial charge in [0.1, 0.15) is 0 Å². The third-order valence-corrected chi connectivity index (χ3v) is 2.47. The minimum absolute atomic E-state index is 0.291. The van der Waals surface area contributed by atoms with Crippen molar-refractivity contribution >= 4 is 17.5 Å². The number of aromatic nitrogens is 2. The Morgan fingerprint density at radius 3 is 2.57 bits per heavy atom. The van der Waals surface area contributed by atoms with Crippen molar-refractivity contribution < 1.29 is 0 Å². The average molecular weight is 193 g/mol. The summed E-state index contributed by atoms with van der Waals surface area (Å²) in [6, 6.07) is 0. The lowest BCUT2D eigenvalue weighted by Gasteiger charge is -2.28. The van der Waals surface area contributed by atoms with Gasteiger partial charge in [-0.15, -0.1) is 0 Å². The molecule has 1 aromatic rings. The number of hydrogen-bond acceptors (Lipinski definition) is 5. The van der Waals surface area contributed by atoms with Crippen LogP contribution in [0.1, 0.15) is 19.3 Å². The molecule has 4 N–H and O–H groups in total. The van der Waals surface area contributed by atoms with E-state index in [0.29, 0.717) is 11.6 Å². The topological polar surface area (TPSA) is 81.1 Å². The Hall–Kier alpha value is -1.52. The Morgan fingerprint density at radius 1 is 1.14 bits per heavy atom. The molecule has 1 saturated heterocycles. The summed E-state index contributed by atoms with van der Waals surface area (Å²) in [5, 5.41) is 0. The van der Waals surface area contributed by atoms with Gasteiger partial charge in [-0.1, -0.05) is 0 Å². The summed E-state index contributed by atoms with van der Waals surface area (Å²) in [5.41, 5.74) is 11.9. The molecular formula is C9H15N5. The molecule has 0 bridgehead atoms. The fourth-order valence-corrected chi connectivity index (χ4v) is 1.75. The summed E-state index contributed by atoms with van der Waals surface area (Å²) in [4.78, 5) is 10.2. The number of piperidine rings is 1. The second-order valence-electron chi connectivity index (χ2n) is 3.55. The van der Waals surface area contributed by atoms with Gasteiger partial charge in [-0.05, 0) is 19.3 Å². The Balaban J connectivity index is 2.24. The van der Waals surface area contributed by atoms with Gasteiger partial charge in [-0.25, -0.2) is 4.98 Å². The lowest BCUT2D eigenvalue weighted by atomic mass is 10.1. The zero-order valence-electron chi connectivity index (χ0n) is 8.11. The number of nitrogens with zero attached hydrogens (tertiary/aromatic N) is 3. The summed E-state index contributed by atoms with van der Waals surface area (Å²) < 4.78 is 0. The highest BCUT2D eigenvalue weighted by Gasteiger charge is 2.15. The molecule has 1 aromatic heterocycles. The summed E-state index contributed by atoms with van der Waals surface area (Å²) in [7, 11) is 0. The van der Waals surface area contributed by atoms with Gasteiger partial charge in [0.2, 0.25) is 5.95 Å². The highest BCUT2D eigenvalue weighted by Crippen LogP contribution is 2.23. The van der Waals surface area contributed by atoms with E-state index in [2.05, 4.69) is 14.9 Å². The molecule has 5 nitrogen and oxygen atoms in total. The van der Waals surface area contributed by atoms with E-state index in [4.69, 9.17) is 11.5 Å². The van der Waals surface area contributed by atoms with E-state index in [0.717, 1.165) is 18.9 Å². The van der Waals surface area contributed by atoms with Crippen molar-refractivity contribution in [3.8, 4) is 0 Å². The van der Waals surface area contributed by atoms with E-state index < -0.39 is 0 Å². The van der Waals surface area contributed by atoms with Gasteiger partial charge in [0.25, 0.3) is 0 Å². The summed E-state index contributed by atoms with van der Waals surface area (Å²) in [5.74, 6) is 1.08. The minimum Gasteiger partial charge on any atom is -0.394 e. The quantitative estimate of drug-likeness (QED) is 0.683. The molecule has 0 aliphatic carbocycles. The number of hydrogen-bond donors (Lipinski definition) is 2. The minimum atomic E-state index is 0.291. The lowest BCUT2D eigenvalue weighted by molar-refractivity contribution is 0.574. The van der Waals surface area contributed by atoms with Crippen LogP contribution < -0.4 is 16.4 Å². The van der Waals surface area contributed by atoms with Crippen LogP contribution in [0.2, 0.25) is 0 Å². The molecule has 0 aromatic carbocycles. The maximum atomic E-state index is 5.80. The summed E-state index contributed by atoms with van der Waals surface area (Å²) in [6.07, 6.45) is 5.26. The first-order valence-corrected chi connectivity index (χ1v) is 4.90. The molecule has 0 saturated carbocycles. The normalized spacial score (nSPS) is 17.0. The van der Waals surface area contributed by atoms with Crippen molar-refractivity contribution in [2.45, 2.75) is 19.3 Å². The highest BCUT2D eigenvalue weighted by atomic mass is 15.2. The largest absolute Gasteiger partial charge is 0.394 e. The summed E-state index contributed by atoms with van der Waals surface area (Å²) >= 11 is 0. The maximum absolute atomic E-state index is 5.80. The molecule has 1 fully saturated rings. The maximum Gasteiger partial charge on any atom is 0.222 e. The van der Waals surface area contributed by atoms with E-state index in [9.17, 15) is 0 Å². The van der Waals surface area contributed by atoms with Crippen LogP contribution in [0, 0.1) is 0 Å². The van der Waals surface area contributed by atoms with Crippen LogP contribution in [0.25, 0.3) is 0 Å². The van der Waals surface area contributed by atoms with E-state index in [-0.39, 0.29) is 0 Å². The molecule has 2 rings (SSSR count). The molecule has 1 aliphatic heterocycles. The fourth-order valence-electron chi connectivity index (χ4n) is 1.75. The number of nitrogen functional groups attached to an aromatic ring is 2. The molecule has 1 aliphatic rings. The third-order valence-electron chi connectivity index (χ3n) is 2.47. The van der Waals surface area contributed by atoms with E-state index in [1.54, 1.807) is 6.20 Å². The lowest BCUT2D eigenvalue weighted by Crippen LogP contribution is -2.31. The SMILES string of the molecule is Nc1ncc(N)c(N2CCCCC2)n1. The highest BCUT2D eigenvalue weighted by molar-refractivity contribution is 5.62. The van der Waals surface area contributed by atoms with Gasteiger partial charge in [0.15, 0.2) is 5.82 Å². The molecule has 76 valence electrons. The van der Waals surface area contributed by atoms with Gasteiger partial charge < -0.3 is 16.4 Å². The smallest absolute Gasteiger partial charge is 0.222 e. The molecule has 5 heteroatoms. The van der Waals surface area contributed by atoms with E-state index in [1.165, 1.54) is 19.3 Å². The molecule has 0 unspecified atom stereocenters. The fraction of sp³-hybridized carbons (Fsp3) is 0.556. The van der Waals surface area contributed by atoms with Crippen LogP contribution in [0.5, 0.6) is 0 Å². The molecule has 0 radical (unpaired) electrons. The first kappa shape index (κ1) is 9.05. The Labute approximate surface area is 83.1 Å². The zero-order valence-corrected chi connectivity index (χ0v) is 8.11. The monoisotopic (exact) mass is 193 g/mol. The molecule has 0 atom stereocenters. The standard InChI is InChI=1S/C9H15N5/c10-7-6-12-9(11)13-8(7)14-4-2-1-3-5-14/h6H,1-5,10H2,(H2,11,12,13). The second-order valence-corrected chi connectivity index (χ2v) is 3.55. The van der Waals surface area contributed by atoms with Crippen molar-refractivity contribution in [1.82, 2.24) is 9.97 Å². The van der Waals surface area contributed by atoms with Crippen molar-refractivity contribution in [3.05, 3.63) is 6.20 Å². The number of nitrogens with two attached hydrogens (primary N) is 2. The number of rotatable bonds is 1. The van der Waals surface area contributed by atoms with Crippen LogP contribution in [0.3, 0.4) is 0 Å². The van der Waals surface area contributed by atoms with Crippen LogP contribution in [-0.2, 0) is 0 Å². The predicted molar refractivity (Wildman–Crippen MR) is 56.9 cm³/mol. The van der Waals surface area contributed by atoms with Crippen LogP contribution in [0.4, 0.5) is 17.5 Å². The first-order chi connectivity index (χ1) is 6.77. The van der Waals surface area contributed by atoms with Crippen molar-refractivity contribution in [1.29, 1.82) is 0 Å². The van der Waals surface area contributed by atoms with Gasteiger partial charge in [-0.2, -0.15) is 4.98 Å². The molecular weight excluding hydrogens is 178 g/mol. The molecule has 2 heterocycles. The van der Waals surface area contributed by atoms with Gasteiger partial charge in [0.05, 0.1) is 11.9 Å².